The molecule has 0 spiro atoms. The number of nitrogens with zero attached hydrogens (tertiary/aromatic N) is 3. The van der Waals surface area contributed by atoms with Crippen molar-refractivity contribution in [1.29, 1.82) is 0 Å². The van der Waals surface area contributed by atoms with Crippen molar-refractivity contribution in [2.45, 2.75) is 32.7 Å². The number of rotatable bonds is 6. The molecule has 0 atom stereocenters. The van der Waals surface area contributed by atoms with Crippen molar-refractivity contribution in [3.8, 4) is 29.0 Å². The van der Waals surface area contributed by atoms with Crippen LogP contribution in [0.25, 0.3) is 5.69 Å². The lowest BCUT2D eigenvalue weighted by Crippen LogP contribution is -2.42. The van der Waals surface area contributed by atoms with E-state index in [1.54, 1.807) is 13.8 Å². The summed E-state index contributed by atoms with van der Waals surface area (Å²) in [6, 6.07) is 9.61. The van der Waals surface area contributed by atoms with E-state index in [2.05, 4.69) is 27.5 Å². The average molecular weight is 601 g/mol. The number of nitrogens with one attached hydrogen (secondary N) is 2. The second kappa shape index (κ2) is 12.9. The summed E-state index contributed by atoms with van der Waals surface area (Å²) >= 11 is 0. The predicted molar refractivity (Wildman–Crippen MR) is 162 cm³/mol. The van der Waals surface area contributed by atoms with Gasteiger partial charge in [-0.25, -0.2) is 23.1 Å². The van der Waals surface area contributed by atoms with Crippen LogP contribution in [0, 0.1) is 29.4 Å². The highest BCUT2D eigenvalue weighted by Gasteiger charge is 2.21. The molecular formula is C32H30F2N6O4. The molecule has 0 bridgehead atoms. The van der Waals surface area contributed by atoms with E-state index in [-0.39, 0.29) is 40.2 Å². The van der Waals surface area contributed by atoms with Gasteiger partial charge in [0.05, 0.1) is 5.69 Å². The summed E-state index contributed by atoms with van der Waals surface area (Å²) in [4.78, 5) is 43.7. The molecule has 0 saturated carbocycles. The number of piperidine rings is 1. The molecule has 1 fully saturated rings. The molecule has 1 amide bonds. The number of amides is 1. The summed E-state index contributed by atoms with van der Waals surface area (Å²) in [5.41, 5.74) is 4.56. The Morgan fingerprint density at radius 1 is 1.09 bits per heavy atom. The first-order valence-electron chi connectivity index (χ1n) is 14.0. The van der Waals surface area contributed by atoms with Crippen LogP contribution in [0.3, 0.4) is 0 Å². The van der Waals surface area contributed by atoms with Crippen molar-refractivity contribution in [1.82, 2.24) is 19.4 Å². The summed E-state index contributed by atoms with van der Waals surface area (Å²) in [5.74, 6) is 4.46. The van der Waals surface area contributed by atoms with Gasteiger partial charge < -0.3 is 21.1 Å². The Morgan fingerprint density at radius 3 is 2.50 bits per heavy atom. The number of halogens is 2. The Bertz CT molecular complexity index is 1880. The Hall–Kier alpha value is -5.28. The first-order chi connectivity index (χ1) is 21.1. The van der Waals surface area contributed by atoms with Crippen LogP contribution >= 0.6 is 0 Å². The highest BCUT2D eigenvalue weighted by Crippen LogP contribution is 2.31. The SMILES string of the molecule is CC(C)n1cc(C(=O)Nc2ccc(Oc3ccnc(N)c3C#CC3CCNCC3)c(F)c2)c(=O)n(-c2ccc(F)cc2)c1=O. The monoisotopic (exact) mass is 600 g/mol. The lowest BCUT2D eigenvalue weighted by atomic mass is 9.98. The van der Waals surface area contributed by atoms with E-state index in [1.165, 1.54) is 41.1 Å². The Balaban J connectivity index is 1.40. The lowest BCUT2D eigenvalue weighted by molar-refractivity contribution is 0.102. The van der Waals surface area contributed by atoms with Gasteiger partial charge in [-0.15, -0.1) is 0 Å². The van der Waals surface area contributed by atoms with E-state index in [0.717, 1.165) is 54.9 Å². The number of carbonyl (C=O) groups is 1. The topological polar surface area (TPSA) is 133 Å². The fourth-order valence-electron chi connectivity index (χ4n) is 4.70. The maximum atomic E-state index is 15.2. The van der Waals surface area contributed by atoms with Crippen LogP contribution in [-0.2, 0) is 0 Å². The van der Waals surface area contributed by atoms with Crippen LogP contribution in [0.15, 0.2) is 70.5 Å². The van der Waals surface area contributed by atoms with Crippen molar-refractivity contribution in [2.75, 3.05) is 24.1 Å². The van der Waals surface area contributed by atoms with Crippen molar-refractivity contribution in [3.63, 3.8) is 0 Å². The summed E-state index contributed by atoms with van der Waals surface area (Å²) in [7, 11) is 0. The fraction of sp³-hybridized carbons (Fsp3) is 0.250. The van der Waals surface area contributed by atoms with Crippen molar-refractivity contribution in [2.24, 2.45) is 5.92 Å². The Kier molecular flexibility index (Phi) is 8.87. The number of aromatic nitrogens is 3. The molecule has 1 aliphatic rings. The maximum Gasteiger partial charge on any atom is 0.335 e. The Morgan fingerprint density at radius 2 is 1.82 bits per heavy atom. The minimum absolute atomic E-state index is 0.0371. The molecule has 4 N–H and O–H groups in total. The largest absolute Gasteiger partial charge is 0.453 e. The summed E-state index contributed by atoms with van der Waals surface area (Å²) in [5, 5.41) is 5.78. The van der Waals surface area contributed by atoms with Gasteiger partial charge in [0.2, 0.25) is 0 Å². The third-order valence-electron chi connectivity index (χ3n) is 7.09. The standard InChI is InChI=1S/C32H30F2N6O4/c1-19(2)39-18-25(31(42)40(32(39)43)23-7-4-21(33)5-8-23)30(41)38-22-6-10-28(26(34)17-22)44-27-13-16-37-29(35)24(27)9-3-20-11-14-36-15-12-20/h4-8,10,13,16-20,36H,11-12,14-15H2,1-2H3,(H2,35,37)(H,38,41). The van der Waals surface area contributed by atoms with Gasteiger partial charge in [0, 0.05) is 42.2 Å². The molecule has 12 heteroatoms. The zero-order valence-corrected chi connectivity index (χ0v) is 24.1. The highest BCUT2D eigenvalue weighted by molar-refractivity contribution is 6.03. The molecule has 2 aromatic heterocycles. The molecule has 4 aromatic rings. The molecule has 44 heavy (non-hydrogen) atoms. The molecule has 3 heterocycles. The number of nitrogen functional groups attached to an aromatic ring is 1. The van der Waals surface area contributed by atoms with Gasteiger partial charge >= 0.3 is 5.69 Å². The molecule has 0 aliphatic carbocycles. The van der Waals surface area contributed by atoms with Crippen LogP contribution in [-0.4, -0.2) is 33.1 Å². The van der Waals surface area contributed by atoms with Gasteiger partial charge in [0.1, 0.15) is 28.5 Å². The first kappa shape index (κ1) is 30.2. The van der Waals surface area contributed by atoms with E-state index in [4.69, 9.17) is 10.5 Å². The molecular weight excluding hydrogens is 570 g/mol. The third-order valence-corrected chi connectivity index (χ3v) is 7.09. The quantitative estimate of drug-likeness (QED) is 0.282. The van der Waals surface area contributed by atoms with Gasteiger partial charge in [-0.2, -0.15) is 0 Å². The Labute approximate surface area is 251 Å². The van der Waals surface area contributed by atoms with Crippen LogP contribution in [0.4, 0.5) is 20.3 Å². The molecule has 0 unspecified atom stereocenters. The molecule has 10 nitrogen and oxygen atoms in total. The number of ether oxygens (including phenoxy) is 1. The van der Waals surface area contributed by atoms with Crippen molar-refractivity contribution in [3.05, 3.63) is 105 Å². The second-order valence-electron chi connectivity index (χ2n) is 10.5. The third kappa shape index (κ3) is 6.53. The summed E-state index contributed by atoms with van der Waals surface area (Å²) in [6.07, 6.45) is 4.40. The highest BCUT2D eigenvalue weighted by atomic mass is 19.1. The van der Waals surface area contributed by atoms with Crippen LogP contribution in [0.5, 0.6) is 11.5 Å². The number of hydrogen-bond acceptors (Lipinski definition) is 7. The molecule has 0 radical (unpaired) electrons. The molecule has 226 valence electrons. The van der Waals surface area contributed by atoms with Gasteiger partial charge in [0.25, 0.3) is 11.5 Å². The van der Waals surface area contributed by atoms with E-state index >= 15 is 4.39 Å². The molecule has 1 aliphatic heterocycles. The molecule has 5 rings (SSSR count). The number of carbonyl (C=O) groups excluding carboxylic acids is 1. The van der Waals surface area contributed by atoms with Gasteiger partial charge in [0.15, 0.2) is 11.6 Å². The zero-order chi connectivity index (χ0) is 31.4. The normalized spacial score (nSPS) is 13.3. The van der Waals surface area contributed by atoms with Crippen LogP contribution < -0.4 is 32.4 Å². The molecule has 2 aromatic carbocycles. The average Bonchev–Trinajstić information content (AvgIpc) is 2.99. The number of anilines is 2. The van der Waals surface area contributed by atoms with Crippen molar-refractivity contribution >= 4 is 17.4 Å². The predicted octanol–water partition coefficient (Wildman–Crippen LogP) is 4.23. The lowest BCUT2D eigenvalue weighted by Gasteiger charge is -2.17. The number of pyridine rings is 1. The number of nitrogens with two attached hydrogens (primary N) is 1. The van der Waals surface area contributed by atoms with Crippen molar-refractivity contribution < 1.29 is 18.3 Å². The van der Waals surface area contributed by atoms with E-state index in [0.29, 0.717) is 5.56 Å². The number of hydrogen-bond donors (Lipinski definition) is 3. The van der Waals surface area contributed by atoms with Gasteiger partial charge in [-0.1, -0.05) is 11.8 Å². The smallest absolute Gasteiger partial charge is 0.335 e. The van der Waals surface area contributed by atoms with Gasteiger partial charge in [-0.3, -0.25) is 14.2 Å². The summed E-state index contributed by atoms with van der Waals surface area (Å²) in [6.45, 7) is 5.17. The maximum absolute atomic E-state index is 15.2. The summed E-state index contributed by atoms with van der Waals surface area (Å²) < 4.78 is 36.5. The zero-order valence-electron chi connectivity index (χ0n) is 24.1. The first-order valence-corrected chi connectivity index (χ1v) is 14.0. The van der Waals surface area contributed by atoms with Gasteiger partial charge in [-0.05, 0) is 76.2 Å². The minimum atomic E-state index is -0.912. The second-order valence-corrected chi connectivity index (χ2v) is 10.5. The van der Waals surface area contributed by atoms with E-state index in [1.807, 2.05) is 0 Å². The van der Waals surface area contributed by atoms with Crippen LogP contribution in [0.2, 0.25) is 0 Å². The fourth-order valence-corrected chi connectivity index (χ4v) is 4.70. The number of benzene rings is 2. The van der Waals surface area contributed by atoms with E-state index in [9.17, 15) is 18.8 Å². The minimum Gasteiger partial charge on any atom is -0.453 e. The molecule has 1 saturated heterocycles. The van der Waals surface area contributed by atoms with Crippen LogP contribution in [0.1, 0.15) is 48.7 Å². The van der Waals surface area contributed by atoms with E-state index < -0.39 is 34.8 Å².